The number of nitrogens with two attached hydrogens (primary N) is 1. The van der Waals surface area contributed by atoms with Crippen LogP contribution in [0, 0.1) is 0 Å². The van der Waals surface area contributed by atoms with Crippen LogP contribution in [-0.2, 0) is 17.8 Å². The van der Waals surface area contributed by atoms with Gasteiger partial charge in [-0.05, 0) is 6.42 Å². The second-order valence-corrected chi connectivity index (χ2v) is 5.04. The molecule has 0 amide bonds. The first-order chi connectivity index (χ1) is 8.40. The summed E-state index contributed by atoms with van der Waals surface area (Å²) in [5.74, 6) is 0. The van der Waals surface area contributed by atoms with Gasteiger partial charge in [0, 0.05) is 17.8 Å². The van der Waals surface area contributed by atoms with Gasteiger partial charge in [-0.3, -0.25) is 0 Å². The van der Waals surface area contributed by atoms with Crippen molar-refractivity contribution in [1.29, 1.82) is 0 Å². The van der Waals surface area contributed by atoms with E-state index >= 15 is 0 Å². The van der Waals surface area contributed by atoms with Crippen molar-refractivity contribution in [3.63, 3.8) is 0 Å². The van der Waals surface area contributed by atoms with Gasteiger partial charge in [0.25, 0.3) is 0 Å². The molecule has 3 nitrogen and oxygen atoms in total. The van der Waals surface area contributed by atoms with E-state index in [0.717, 1.165) is 18.5 Å². The van der Waals surface area contributed by atoms with Crippen LogP contribution in [-0.4, -0.2) is 23.8 Å². The molecule has 0 aliphatic heterocycles. The number of thiazole rings is 1. The number of alkyl halides is 3. The van der Waals surface area contributed by atoms with Crippen LogP contribution in [0.5, 0.6) is 0 Å². The number of hydrogen-bond acceptors (Lipinski definition) is 4. The van der Waals surface area contributed by atoms with Gasteiger partial charge in [0.15, 0.2) is 0 Å². The molecular weight excluding hydrogens is 265 g/mol. The van der Waals surface area contributed by atoms with Crippen molar-refractivity contribution in [2.45, 2.75) is 45.0 Å². The third-order valence-electron chi connectivity index (χ3n) is 2.22. The number of nitrogens with zero attached hydrogens (tertiary/aromatic N) is 1. The predicted octanol–water partition coefficient (Wildman–Crippen LogP) is 2.89. The Balaban J connectivity index is 2.34. The second-order valence-electron chi connectivity index (χ2n) is 4.09. The Morgan fingerprint density at radius 2 is 2.22 bits per heavy atom. The van der Waals surface area contributed by atoms with Crippen LogP contribution in [0.1, 0.15) is 30.5 Å². The first-order valence-electron chi connectivity index (χ1n) is 5.74. The van der Waals surface area contributed by atoms with Crippen molar-refractivity contribution in [3.05, 3.63) is 16.1 Å². The topological polar surface area (TPSA) is 48.1 Å². The van der Waals surface area contributed by atoms with Gasteiger partial charge in [0.1, 0.15) is 11.6 Å². The molecule has 2 N–H and O–H groups in total. The van der Waals surface area contributed by atoms with E-state index in [9.17, 15) is 13.2 Å². The van der Waals surface area contributed by atoms with Gasteiger partial charge >= 0.3 is 6.18 Å². The zero-order valence-corrected chi connectivity index (χ0v) is 11.0. The van der Waals surface area contributed by atoms with Gasteiger partial charge in [0.05, 0.1) is 12.3 Å². The number of ether oxygens (including phenoxy) is 1. The van der Waals surface area contributed by atoms with Gasteiger partial charge in [-0.25, -0.2) is 4.98 Å². The number of rotatable bonds is 7. The van der Waals surface area contributed by atoms with Gasteiger partial charge in [-0.15, -0.1) is 11.3 Å². The van der Waals surface area contributed by atoms with Crippen LogP contribution in [0.15, 0.2) is 5.38 Å². The van der Waals surface area contributed by atoms with Crippen molar-refractivity contribution in [1.82, 2.24) is 4.98 Å². The number of hydrogen-bond donors (Lipinski definition) is 1. The molecule has 1 aromatic rings. The monoisotopic (exact) mass is 282 g/mol. The molecule has 0 radical (unpaired) electrons. The van der Waals surface area contributed by atoms with E-state index in [0.29, 0.717) is 11.4 Å². The quantitative estimate of drug-likeness (QED) is 0.836. The first-order valence-corrected chi connectivity index (χ1v) is 6.62. The lowest BCUT2D eigenvalue weighted by Crippen LogP contribution is -2.22. The Bertz CT molecular complexity index is 354. The van der Waals surface area contributed by atoms with E-state index in [2.05, 4.69) is 16.6 Å². The molecule has 1 unspecified atom stereocenters. The van der Waals surface area contributed by atoms with Gasteiger partial charge in [-0.1, -0.05) is 13.3 Å². The minimum absolute atomic E-state index is 0.0565. The number of aromatic nitrogens is 1. The standard InChI is InChI=1S/C11H17F3N2OS/c1-2-3-8(15)4-9-6-18-10(16-9)5-17-7-11(12,13)14/h6,8H,2-5,7,15H2,1H3. The van der Waals surface area contributed by atoms with Crippen LogP contribution in [0.2, 0.25) is 0 Å². The van der Waals surface area contributed by atoms with E-state index in [4.69, 9.17) is 5.73 Å². The maximum Gasteiger partial charge on any atom is 0.411 e. The molecule has 7 heteroatoms. The molecule has 0 fully saturated rings. The molecule has 0 spiro atoms. The van der Waals surface area contributed by atoms with Gasteiger partial charge in [0.2, 0.25) is 0 Å². The zero-order chi connectivity index (χ0) is 13.6. The minimum atomic E-state index is -4.29. The Labute approximate surface area is 108 Å². The Morgan fingerprint density at radius 3 is 2.83 bits per heavy atom. The van der Waals surface area contributed by atoms with Crippen molar-refractivity contribution < 1.29 is 17.9 Å². The highest BCUT2D eigenvalue weighted by Crippen LogP contribution is 2.17. The summed E-state index contributed by atoms with van der Waals surface area (Å²) in [7, 11) is 0. The average molecular weight is 282 g/mol. The summed E-state index contributed by atoms with van der Waals surface area (Å²) in [5, 5.41) is 2.37. The van der Waals surface area contributed by atoms with Crippen molar-refractivity contribution in [2.24, 2.45) is 5.73 Å². The highest BCUT2D eigenvalue weighted by atomic mass is 32.1. The largest absolute Gasteiger partial charge is 0.411 e. The smallest absolute Gasteiger partial charge is 0.365 e. The SMILES string of the molecule is CCCC(N)Cc1csc(COCC(F)(F)F)n1. The average Bonchev–Trinajstić information content (AvgIpc) is 2.64. The fourth-order valence-electron chi connectivity index (χ4n) is 1.50. The molecule has 18 heavy (non-hydrogen) atoms. The van der Waals surface area contributed by atoms with Crippen LogP contribution in [0.3, 0.4) is 0 Å². The van der Waals surface area contributed by atoms with Crippen LogP contribution in [0.25, 0.3) is 0 Å². The van der Waals surface area contributed by atoms with E-state index < -0.39 is 12.8 Å². The molecular formula is C11H17F3N2OS. The summed E-state index contributed by atoms with van der Waals surface area (Å²) in [4.78, 5) is 4.20. The molecule has 1 aromatic heterocycles. The van der Waals surface area contributed by atoms with E-state index in [1.165, 1.54) is 11.3 Å². The Hall–Kier alpha value is -0.660. The van der Waals surface area contributed by atoms with Crippen LogP contribution in [0.4, 0.5) is 13.2 Å². The molecule has 0 bridgehead atoms. The molecule has 0 saturated carbocycles. The third-order valence-corrected chi connectivity index (χ3v) is 3.09. The molecule has 1 rings (SSSR count). The van der Waals surface area contributed by atoms with Gasteiger partial charge in [-0.2, -0.15) is 13.2 Å². The maximum atomic E-state index is 11.9. The predicted molar refractivity (Wildman–Crippen MR) is 64.4 cm³/mol. The van der Waals surface area contributed by atoms with E-state index in [-0.39, 0.29) is 12.6 Å². The lowest BCUT2D eigenvalue weighted by atomic mass is 10.1. The lowest BCUT2D eigenvalue weighted by molar-refractivity contribution is -0.176. The first kappa shape index (κ1) is 15.4. The van der Waals surface area contributed by atoms with E-state index in [1.807, 2.05) is 5.38 Å². The molecule has 0 aliphatic carbocycles. The summed E-state index contributed by atoms with van der Waals surface area (Å²) in [6, 6.07) is 0.0565. The molecule has 1 atom stereocenters. The normalized spacial score (nSPS) is 13.8. The minimum Gasteiger partial charge on any atom is -0.365 e. The highest BCUT2D eigenvalue weighted by molar-refractivity contribution is 7.09. The second kappa shape index (κ2) is 7.06. The highest BCUT2D eigenvalue weighted by Gasteiger charge is 2.27. The Kier molecular flexibility index (Phi) is 6.04. The summed E-state index contributed by atoms with van der Waals surface area (Å²) >= 11 is 1.30. The molecule has 0 aromatic carbocycles. The zero-order valence-electron chi connectivity index (χ0n) is 10.2. The number of halogens is 3. The summed E-state index contributed by atoms with van der Waals surface area (Å²) < 4.78 is 40.1. The Morgan fingerprint density at radius 1 is 1.50 bits per heavy atom. The summed E-state index contributed by atoms with van der Waals surface area (Å²) in [5.41, 5.74) is 6.69. The molecule has 104 valence electrons. The van der Waals surface area contributed by atoms with Crippen LogP contribution < -0.4 is 5.73 Å². The summed E-state index contributed by atoms with van der Waals surface area (Å²) in [6.07, 6.45) is -1.71. The summed E-state index contributed by atoms with van der Waals surface area (Å²) in [6.45, 7) is 0.710. The van der Waals surface area contributed by atoms with Crippen molar-refractivity contribution in [2.75, 3.05) is 6.61 Å². The molecule has 1 heterocycles. The van der Waals surface area contributed by atoms with Crippen molar-refractivity contribution in [3.8, 4) is 0 Å². The van der Waals surface area contributed by atoms with Crippen LogP contribution >= 0.6 is 11.3 Å². The van der Waals surface area contributed by atoms with Gasteiger partial charge < -0.3 is 10.5 Å². The van der Waals surface area contributed by atoms with E-state index in [1.54, 1.807) is 0 Å². The fourth-order valence-corrected chi connectivity index (χ4v) is 2.25. The van der Waals surface area contributed by atoms with Crippen molar-refractivity contribution >= 4 is 11.3 Å². The fraction of sp³-hybridized carbons (Fsp3) is 0.727. The molecule has 0 saturated heterocycles. The maximum absolute atomic E-state index is 11.9. The third kappa shape index (κ3) is 6.32. The molecule has 0 aliphatic rings. The lowest BCUT2D eigenvalue weighted by Gasteiger charge is -2.07.